The summed E-state index contributed by atoms with van der Waals surface area (Å²) < 4.78 is 1.56. The summed E-state index contributed by atoms with van der Waals surface area (Å²) in [6.45, 7) is 10.3. The topological polar surface area (TPSA) is 72.7 Å². The maximum Gasteiger partial charge on any atom is 0.252 e. The number of amides is 1. The van der Waals surface area contributed by atoms with Gasteiger partial charge in [0.2, 0.25) is 5.91 Å². The molecule has 0 fully saturated rings. The Morgan fingerprint density at radius 3 is 2.46 bits per heavy atom. The standard InChI is InChI=1S/C22H25N5O/c1-15-7-8-17(16(2)13-15)9-10-20(28)25-19-14-18(22(3,4)5)26-27(19)21-23-11-6-12-24-21/h6-14H,1-5H3,(H,25,28)/b10-9+. The third-order valence-electron chi connectivity index (χ3n) is 4.31. The summed E-state index contributed by atoms with van der Waals surface area (Å²) in [6.07, 6.45) is 6.63. The number of aromatic nitrogens is 4. The van der Waals surface area contributed by atoms with Crippen LogP contribution in [0.15, 0.2) is 48.8 Å². The molecule has 2 aromatic heterocycles. The van der Waals surface area contributed by atoms with Crippen LogP contribution in [0.3, 0.4) is 0 Å². The molecule has 0 bridgehead atoms. The van der Waals surface area contributed by atoms with E-state index in [-0.39, 0.29) is 11.3 Å². The van der Waals surface area contributed by atoms with E-state index in [1.807, 2.05) is 38.1 Å². The SMILES string of the molecule is Cc1ccc(/C=C/C(=O)Nc2cc(C(C)(C)C)nn2-c2ncccn2)c(C)c1. The lowest BCUT2D eigenvalue weighted by Crippen LogP contribution is -2.14. The van der Waals surface area contributed by atoms with Gasteiger partial charge in [-0.2, -0.15) is 9.78 Å². The Hall–Kier alpha value is -3.28. The third kappa shape index (κ3) is 4.52. The van der Waals surface area contributed by atoms with Crippen LogP contribution in [0.1, 0.15) is 43.2 Å². The fourth-order valence-electron chi connectivity index (χ4n) is 2.74. The second kappa shape index (κ2) is 7.76. The van der Waals surface area contributed by atoms with Crippen LogP contribution in [0.5, 0.6) is 0 Å². The quantitative estimate of drug-likeness (QED) is 0.693. The zero-order valence-electron chi connectivity index (χ0n) is 16.9. The zero-order chi connectivity index (χ0) is 20.3. The Kier molecular flexibility index (Phi) is 5.40. The monoisotopic (exact) mass is 375 g/mol. The molecule has 28 heavy (non-hydrogen) atoms. The fourth-order valence-corrected chi connectivity index (χ4v) is 2.74. The van der Waals surface area contributed by atoms with Crippen molar-refractivity contribution in [2.75, 3.05) is 5.32 Å². The average molecular weight is 375 g/mol. The van der Waals surface area contributed by atoms with Gasteiger partial charge in [0.15, 0.2) is 0 Å². The molecule has 0 saturated carbocycles. The van der Waals surface area contributed by atoms with Gasteiger partial charge in [-0.15, -0.1) is 0 Å². The Balaban J connectivity index is 1.87. The first-order valence-corrected chi connectivity index (χ1v) is 9.18. The second-order valence-corrected chi connectivity index (χ2v) is 7.81. The lowest BCUT2D eigenvalue weighted by Gasteiger charge is -2.13. The molecular weight excluding hydrogens is 350 g/mol. The van der Waals surface area contributed by atoms with Crippen molar-refractivity contribution in [2.45, 2.75) is 40.0 Å². The van der Waals surface area contributed by atoms with Crippen molar-refractivity contribution < 1.29 is 4.79 Å². The number of anilines is 1. The summed E-state index contributed by atoms with van der Waals surface area (Å²) >= 11 is 0. The number of rotatable bonds is 4. The summed E-state index contributed by atoms with van der Waals surface area (Å²) in [5.41, 5.74) is 4.00. The molecule has 3 rings (SSSR count). The second-order valence-electron chi connectivity index (χ2n) is 7.81. The Labute approximate surface area is 165 Å². The van der Waals surface area contributed by atoms with Gasteiger partial charge < -0.3 is 5.32 Å². The van der Waals surface area contributed by atoms with Crippen LogP contribution in [-0.4, -0.2) is 25.7 Å². The van der Waals surface area contributed by atoms with Crippen LogP contribution in [0, 0.1) is 13.8 Å². The molecule has 0 aliphatic rings. The van der Waals surface area contributed by atoms with Crippen molar-refractivity contribution in [3.63, 3.8) is 0 Å². The predicted molar refractivity (Wildman–Crippen MR) is 111 cm³/mol. The maximum atomic E-state index is 12.5. The van der Waals surface area contributed by atoms with Gasteiger partial charge in [-0.3, -0.25) is 4.79 Å². The lowest BCUT2D eigenvalue weighted by molar-refractivity contribution is -0.111. The smallest absolute Gasteiger partial charge is 0.252 e. The molecule has 6 nitrogen and oxygen atoms in total. The highest BCUT2D eigenvalue weighted by atomic mass is 16.1. The number of hydrogen-bond donors (Lipinski definition) is 1. The summed E-state index contributed by atoms with van der Waals surface area (Å²) in [4.78, 5) is 21.0. The van der Waals surface area contributed by atoms with E-state index in [4.69, 9.17) is 0 Å². The maximum absolute atomic E-state index is 12.5. The third-order valence-corrected chi connectivity index (χ3v) is 4.31. The van der Waals surface area contributed by atoms with Crippen molar-refractivity contribution in [1.29, 1.82) is 0 Å². The molecule has 6 heteroatoms. The van der Waals surface area contributed by atoms with Crippen LogP contribution in [-0.2, 0) is 10.2 Å². The van der Waals surface area contributed by atoms with Gasteiger partial charge >= 0.3 is 0 Å². The van der Waals surface area contributed by atoms with E-state index >= 15 is 0 Å². The molecule has 1 amide bonds. The minimum Gasteiger partial charge on any atom is -0.307 e. The number of carbonyl (C=O) groups excluding carboxylic acids is 1. The van der Waals surface area contributed by atoms with E-state index in [9.17, 15) is 4.79 Å². The highest BCUT2D eigenvalue weighted by Crippen LogP contribution is 2.25. The molecule has 0 radical (unpaired) electrons. The number of benzene rings is 1. The first kappa shape index (κ1) is 19.5. The van der Waals surface area contributed by atoms with Crippen LogP contribution in [0.2, 0.25) is 0 Å². The summed E-state index contributed by atoms with van der Waals surface area (Å²) in [6, 6.07) is 9.73. The molecule has 1 N–H and O–H groups in total. The Morgan fingerprint density at radius 2 is 1.82 bits per heavy atom. The number of nitrogens with one attached hydrogen (secondary N) is 1. The average Bonchev–Trinajstić information content (AvgIpc) is 3.06. The van der Waals surface area contributed by atoms with Crippen LogP contribution < -0.4 is 5.32 Å². The van der Waals surface area contributed by atoms with Crippen molar-refractivity contribution >= 4 is 17.8 Å². The van der Waals surface area contributed by atoms with Gasteiger partial charge in [0, 0.05) is 30.0 Å². The molecule has 0 unspecified atom stereocenters. The van der Waals surface area contributed by atoms with Crippen molar-refractivity contribution in [1.82, 2.24) is 19.7 Å². The minimum atomic E-state index is -0.238. The van der Waals surface area contributed by atoms with E-state index in [0.717, 1.165) is 16.8 Å². The predicted octanol–water partition coefficient (Wildman–Crippen LogP) is 4.23. The minimum absolute atomic E-state index is 0.172. The molecule has 144 valence electrons. The van der Waals surface area contributed by atoms with E-state index in [2.05, 4.69) is 47.2 Å². The summed E-state index contributed by atoms with van der Waals surface area (Å²) in [5.74, 6) is 0.704. The van der Waals surface area contributed by atoms with Crippen LogP contribution >= 0.6 is 0 Å². The summed E-state index contributed by atoms with van der Waals surface area (Å²) in [7, 11) is 0. The van der Waals surface area contributed by atoms with E-state index < -0.39 is 0 Å². The number of hydrogen-bond acceptors (Lipinski definition) is 4. The first-order chi connectivity index (χ1) is 13.2. The lowest BCUT2D eigenvalue weighted by atomic mass is 9.92. The van der Waals surface area contributed by atoms with E-state index in [1.165, 1.54) is 11.6 Å². The largest absolute Gasteiger partial charge is 0.307 e. The van der Waals surface area contributed by atoms with Crippen molar-refractivity contribution in [3.05, 3.63) is 71.2 Å². The van der Waals surface area contributed by atoms with Crippen LogP contribution in [0.4, 0.5) is 5.82 Å². The fraction of sp³-hybridized carbons (Fsp3) is 0.273. The van der Waals surface area contributed by atoms with Crippen molar-refractivity contribution in [2.24, 2.45) is 0 Å². The highest BCUT2D eigenvalue weighted by Gasteiger charge is 2.22. The molecule has 0 aliphatic carbocycles. The zero-order valence-corrected chi connectivity index (χ0v) is 16.9. The van der Waals surface area contributed by atoms with Gasteiger partial charge in [-0.05, 0) is 37.1 Å². The Bertz CT molecular complexity index is 1010. The molecule has 0 saturated heterocycles. The molecule has 2 heterocycles. The van der Waals surface area contributed by atoms with Gasteiger partial charge in [0.1, 0.15) is 5.82 Å². The number of nitrogens with zero attached hydrogens (tertiary/aromatic N) is 4. The van der Waals surface area contributed by atoms with Crippen molar-refractivity contribution in [3.8, 4) is 5.95 Å². The number of carbonyl (C=O) groups is 1. The molecule has 0 atom stereocenters. The normalized spacial score (nSPS) is 11.8. The van der Waals surface area contributed by atoms with E-state index in [1.54, 1.807) is 23.1 Å². The van der Waals surface area contributed by atoms with Gasteiger partial charge in [-0.1, -0.05) is 44.5 Å². The van der Waals surface area contributed by atoms with Gasteiger partial charge in [0.25, 0.3) is 5.95 Å². The Morgan fingerprint density at radius 1 is 1.11 bits per heavy atom. The van der Waals surface area contributed by atoms with Gasteiger partial charge in [0.05, 0.1) is 5.69 Å². The molecule has 0 aliphatic heterocycles. The van der Waals surface area contributed by atoms with E-state index in [0.29, 0.717) is 11.8 Å². The highest BCUT2D eigenvalue weighted by molar-refractivity contribution is 6.01. The van der Waals surface area contributed by atoms with Crippen LogP contribution in [0.25, 0.3) is 12.0 Å². The summed E-state index contributed by atoms with van der Waals surface area (Å²) in [5, 5.41) is 7.50. The molecule has 1 aromatic carbocycles. The van der Waals surface area contributed by atoms with Gasteiger partial charge in [-0.25, -0.2) is 9.97 Å². The number of aryl methyl sites for hydroxylation is 2. The molecule has 3 aromatic rings. The first-order valence-electron chi connectivity index (χ1n) is 9.18. The molecular formula is C22H25N5O. The molecule has 0 spiro atoms.